The molecule has 0 saturated carbocycles. The van der Waals surface area contributed by atoms with Crippen LogP contribution in [0.5, 0.6) is 5.75 Å². The second kappa shape index (κ2) is 5.80. The molecule has 0 spiro atoms. The summed E-state index contributed by atoms with van der Waals surface area (Å²) in [6, 6.07) is 8.80. The molecule has 1 aliphatic rings. The third-order valence-electron chi connectivity index (χ3n) is 4.65. The first-order chi connectivity index (χ1) is 11.6. The molecule has 0 bridgehead atoms. The van der Waals surface area contributed by atoms with Gasteiger partial charge in [0.25, 0.3) is 0 Å². The van der Waals surface area contributed by atoms with Crippen molar-refractivity contribution >= 4 is 22.5 Å². The Balaban J connectivity index is 1.93. The number of aryl methyl sites for hydroxylation is 1. The average Bonchev–Trinajstić information content (AvgIpc) is 2.92. The van der Waals surface area contributed by atoms with E-state index < -0.39 is 0 Å². The second-order valence-electron chi connectivity index (χ2n) is 6.21. The van der Waals surface area contributed by atoms with E-state index in [4.69, 9.17) is 16.3 Å². The zero-order chi connectivity index (χ0) is 16.8. The number of H-pyrrole nitrogens is 1. The molecular formula is C19H18ClFN2O. The number of hydrogen-bond acceptors (Lipinski definition) is 2. The molecule has 5 heteroatoms. The van der Waals surface area contributed by atoms with Gasteiger partial charge in [-0.2, -0.15) is 0 Å². The summed E-state index contributed by atoms with van der Waals surface area (Å²) in [5.74, 6) is 0.466. The number of nitrogens with one attached hydrogen (secondary N) is 2. The highest BCUT2D eigenvalue weighted by molar-refractivity contribution is 6.32. The van der Waals surface area contributed by atoms with Gasteiger partial charge in [-0.05, 0) is 48.7 Å². The lowest BCUT2D eigenvalue weighted by molar-refractivity contribution is 0.402. The van der Waals surface area contributed by atoms with E-state index in [0.717, 1.165) is 46.3 Å². The number of methoxy groups -OCH3 is 1. The third kappa shape index (κ3) is 2.38. The molecule has 124 valence electrons. The first-order valence-electron chi connectivity index (χ1n) is 7.96. The molecule has 1 unspecified atom stereocenters. The maximum atomic E-state index is 13.7. The van der Waals surface area contributed by atoms with Crippen LogP contribution in [0.2, 0.25) is 5.02 Å². The lowest BCUT2D eigenvalue weighted by Crippen LogP contribution is -2.30. The van der Waals surface area contributed by atoms with Crippen LogP contribution in [0.15, 0.2) is 30.3 Å². The van der Waals surface area contributed by atoms with E-state index >= 15 is 0 Å². The Hall–Kier alpha value is -2.04. The highest BCUT2D eigenvalue weighted by Gasteiger charge is 2.28. The number of rotatable bonds is 2. The molecule has 3 aromatic rings. The molecule has 1 aromatic heterocycles. The van der Waals surface area contributed by atoms with Crippen molar-refractivity contribution in [3.63, 3.8) is 0 Å². The van der Waals surface area contributed by atoms with Crippen molar-refractivity contribution in [1.82, 2.24) is 10.3 Å². The molecule has 0 aliphatic carbocycles. The maximum absolute atomic E-state index is 13.7. The van der Waals surface area contributed by atoms with Crippen molar-refractivity contribution in [1.29, 1.82) is 0 Å². The summed E-state index contributed by atoms with van der Waals surface area (Å²) >= 11 is 6.37. The van der Waals surface area contributed by atoms with Gasteiger partial charge in [-0.15, -0.1) is 0 Å². The van der Waals surface area contributed by atoms with Crippen LogP contribution in [0.25, 0.3) is 10.9 Å². The van der Waals surface area contributed by atoms with Gasteiger partial charge in [0.2, 0.25) is 0 Å². The third-order valence-corrected chi connectivity index (χ3v) is 4.93. The van der Waals surface area contributed by atoms with Crippen LogP contribution in [0.3, 0.4) is 0 Å². The van der Waals surface area contributed by atoms with Gasteiger partial charge >= 0.3 is 0 Å². The number of aromatic nitrogens is 1. The van der Waals surface area contributed by atoms with Gasteiger partial charge in [0.1, 0.15) is 11.6 Å². The largest absolute Gasteiger partial charge is 0.495 e. The van der Waals surface area contributed by atoms with E-state index in [9.17, 15) is 4.39 Å². The predicted molar refractivity (Wildman–Crippen MR) is 94.5 cm³/mol. The van der Waals surface area contributed by atoms with Crippen LogP contribution < -0.4 is 10.1 Å². The Morgan fingerprint density at radius 2 is 2.08 bits per heavy atom. The molecule has 3 nitrogen and oxygen atoms in total. The Bertz CT molecular complexity index is 935. The lowest BCUT2D eigenvalue weighted by Gasteiger charge is -2.27. The van der Waals surface area contributed by atoms with Gasteiger partial charge in [0.15, 0.2) is 0 Å². The minimum Gasteiger partial charge on any atom is -0.495 e. The van der Waals surface area contributed by atoms with E-state index in [-0.39, 0.29) is 11.9 Å². The minimum atomic E-state index is -0.212. The van der Waals surface area contributed by atoms with Gasteiger partial charge in [0.05, 0.1) is 18.2 Å². The molecule has 2 N–H and O–H groups in total. The standard InChI is InChI=1S/C19H18ClFN2O/c1-10-7-14(19(24-2)15(20)8-10)17-18-12(5-6-22-17)13-9-11(21)3-4-16(13)23-18/h3-4,7-9,17,22-23H,5-6H2,1-2H3. The summed E-state index contributed by atoms with van der Waals surface area (Å²) in [6.07, 6.45) is 0.858. The van der Waals surface area contributed by atoms with Gasteiger partial charge in [-0.1, -0.05) is 17.7 Å². The second-order valence-corrected chi connectivity index (χ2v) is 6.62. The zero-order valence-corrected chi connectivity index (χ0v) is 14.3. The number of aromatic amines is 1. The van der Waals surface area contributed by atoms with Crippen LogP contribution in [0.4, 0.5) is 4.39 Å². The SMILES string of the molecule is COc1c(Cl)cc(C)cc1C1NCCc2c1[nH]c1ccc(F)cc21. The van der Waals surface area contributed by atoms with Crippen LogP contribution in [-0.4, -0.2) is 18.6 Å². The van der Waals surface area contributed by atoms with Crippen molar-refractivity contribution in [2.45, 2.75) is 19.4 Å². The highest BCUT2D eigenvalue weighted by Crippen LogP contribution is 2.40. The van der Waals surface area contributed by atoms with Gasteiger partial charge in [0, 0.05) is 28.7 Å². The Morgan fingerprint density at radius 1 is 1.25 bits per heavy atom. The first kappa shape index (κ1) is 15.5. The maximum Gasteiger partial charge on any atom is 0.142 e. The Morgan fingerprint density at radius 3 is 2.88 bits per heavy atom. The molecule has 1 atom stereocenters. The smallest absolute Gasteiger partial charge is 0.142 e. The van der Waals surface area contributed by atoms with Crippen LogP contribution in [0, 0.1) is 12.7 Å². The molecular weight excluding hydrogens is 327 g/mol. The number of halogens is 2. The summed E-state index contributed by atoms with van der Waals surface area (Å²) in [7, 11) is 1.63. The summed E-state index contributed by atoms with van der Waals surface area (Å²) in [6.45, 7) is 2.83. The van der Waals surface area contributed by atoms with E-state index in [1.165, 1.54) is 6.07 Å². The van der Waals surface area contributed by atoms with Crippen molar-refractivity contribution < 1.29 is 9.13 Å². The van der Waals surface area contributed by atoms with Gasteiger partial charge in [-0.3, -0.25) is 0 Å². The summed E-state index contributed by atoms with van der Waals surface area (Å²) < 4.78 is 19.2. The van der Waals surface area contributed by atoms with E-state index in [0.29, 0.717) is 10.8 Å². The highest BCUT2D eigenvalue weighted by atomic mass is 35.5. The zero-order valence-electron chi connectivity index (χ0n) is 13.5. The molecule has 1 aliphatic heterocycles. The molecule has 24 heavy (non-hydrogen) atoms. The lowest BCUT2D eigenvalue weighted by atomic mass is 9.93. The number of hydrogen-bond donors (Lipinski definition) is 2. The molecule has 0 fully saturated rings. The van der Waals surface area contributed by atoms with E-state index in [1.54, 1.807) is 19.2 Å². The fourth-order valence-corrected chi connectivity index (χ4v) is 4.01. The van der Waals surface area contributed by atoms with Crippen molar-refractivity contribution in [3.05, 3.63) is 63.6 Å². The Kier molecular flexibility index (Phi) is 3.74. The fraction of sp³-hybridized carbons (Fsp3) is 0.263. The predicted octanol–water partition coefficient (Wildman–Crippen LogP) is 4.51. The van der Waals surface area contributed by atoms with E-state index in [2.05, 4.69) is 16.4 Å². The normalized spacial score (nSPS) is 17.1. The van der Waals surface area contributed by atoms with Gasteiger partial charge < -0.3 is 15.0 Å². The van der Waals surface area contributed by atoms with Gasteiger partial charge in [-0.25, -0.2) is 4.39 Å². The number of ether oxygens (including phenoxy) is 1. The van der Waals surface area contributed by atoms with Crippen molar-refractivity contribution in [2.75, 3.05) is 13.7 Å². The molecule has 2 heterocycles. The molecule has 0 saturated heterocycles. The van der Waals surface area contributed by atoms with Crippen molar-refractivity contribution in [3.8, 4) is 5.75 Å². The van der Waals surface area contributed by atoms with Crippen LogP contribution in [0.1, 0.15) is 28.4 Å². The quantitative estimate of drug-likeness (QED) is 0.717. The summed E-state index contributed by atoms with van der Waals surface area (Å²) in [5.41, 5.74) is 5.24. The fourth-order valence-electron chi connectivity index (χ4n) is 3.65. The molecule has 4 rings (SSSR count). The number of fused-ring (bicyclic) bond motifs is 3. The molecule has 0 radical (unpaired) electrons. The number of benzene rings is 2. The minimum absolute atomic E-state index is 0.0587. The molecule has 0 amide bonds. The monoisotopic (exact) mass is 344 g/mol. The van der Waals surface area contributed by atoms with Crippen molar-refractivity contribution in [2.24, 2.45) is 0 Å². The Labute approximate surface area is 144 Å². The average molecular weight is 345 g/mol. The molecule has 2 aromatic carbocycles. The van der Waals surface area contributed by atoms with E-state index in [1.807, 2.05) is 13.0 Å². The van der Waals surface area contributed by atoms with Crippen LogP contribution in [-0.2, 0) is 6.42 Å². The first-order valence-corrected chi connectivity index (χ1v) is 8.33. The van der Waals surface area contributed by atoms with Crippen LogP contribution >= 0.6 is 11.6 Å². The summed E-state index contributed by atoms with van der Waals surface area (Å²) in [4.78, 5) is 3.45. The topological polar surface area (TPSA) is 37.0 Å². The summed E-state index contributed by atoms with van der Waals surface area (Å²) in [5, 5.41) is 5.09.